The third-order valence-corrected chi connectivity index (χ3v) is 1.63. The van der Waals surface area contributed by atoms with Crippen LogP contribution in [0.5, 0.6) is 0 Å². The number of aromatic nitrogens is 1. The van der Waals surface area contributed by atoms with Crippen molar-refractivity contribution in [3.05, 3.63) is 11.3 Å². The van der Waals surface area contributed by atoms with Crippen molar-refractivity contribution in [2.24, 2.45) is 0 Å². The van der Waals surface area contributed by atoms with Crippen LogP contribution < -0.4 is 5.73 Å². The normalized spacial score (nSPS) is 16.8. The third kappa shape index (κ3) is 0.690. The van der Waals surface area contributed by atoms with Gasteiger partial charge in [-0.25, -0.2) is 0 Å². The standard InChI is InChI=1S/C6H8N2O2/c7-6-4-3-9-2-1-5(4)8-10-6/h1-3,7H2. The molecule has 1 aliphatic heterocycles. The topological polar surface area (TPSA) is 61.3 Å². The number of nitrogen functional groups attached to an aromatic ring is 1. The van der Waals surface area contributed by atoms with Crippen molar-refractivity contribution in [1.82, 2.24) is 5.16 Å². The van der Waals surface area contributed by atoms with Gasteiger partial charge >= 0.3 is 0 Å². The van der Waals surface area contributed by atoms with Gasteiger partial charge in [0.15, 0.2) is 0 Å². The summed E-state index contributed by atoms with van der Waals surface area (Å²) in [6.45, 7) is 1.27. The van der Waals surface area contributed by atoms with Gasteiger partial charge in [-0.1, -0.05) is 5.16 Å². The molecule has 1 aromatic heterocycles. The average Bonchev–Trinajstić information content (AvgIpc) is 2.34. The van der Waals surface area contributed by atoms with Gasteiger partial charge in [0.1, 0.15) is 0 Å². The van der Waals surface area contributed by atoms with E-state index in [-0.39, 0.29) is 0 Å². The summed E-state index contributed by atoms with van der Waals surface area (Å²) in [7, 11) is 0. The molecule has 0 saturated carbocycles. The number of nitrogens with zero attached hydrogens (tertiary/aromatic N) is 1. The smallest absolute Gasteiger partial charge is 0.227 e. The summed E-state index contributed by atoms with van der Waals surface area (Å²) >= 11 is 0. The summed E-state index contributed by atoms with van der Waals surface area (Å²) in [5.41, 5.74) is 7.32. The van der Waals surface area contributed by atoms with Crippen molar-refractivity contribution >= 4 is 5.88 Å². The Kier molecular flexibility index (Phi) is 1.14. The molecule has 1 aliphatic rings. The molecule has 0 amide bonds. The third-order valence-electron chi connectivity index (χ3n) is 1.63. The van der Waals surface area contributed by atoms with Crippen LogP contribution in [0.4, 0.5) is 5.88 Å². The van der Waals surface area contributed by atoms with Crippen molar-refractivity contribution < 1.29 is 9.26 Å². The summed E-state index contributed by atoms with van der Waals surface area (Å²) in [4.78, 5) is 0. The zero-order chi connectivity index (χ0) is 6.97. The maximum Gasteiger partial charge on any atom is 0.227 e. The zero-order valence-electron chi connectivity index (χ0n) is 5.46. The van der Waals surface area contributed by atoms with Crippen molar-refractivity contribution in [3.8, 4) is 0 Å². The van der Waals surface area contributed by atoms with Crippen LogP contribution in [0.25, 0.3) is 0 Å². The van der Waals surface area contributed by atoms with Crippen molar-refractivity contribution in [3.63, 3.8) is 0 Å². The van der Waals surface area contributed by atoms with Gasteiger partial charge in [-0.3, -0.25) is 0 Å². The predicted molar refractivity (Wildman–Crippen MR) is 34.3 cm³/mol. The van der Waals surface area contributed by atoms with E-state index in [0.717, 1.165) is 24.3 Å². The van der Waals surface area contributed by atoms with Gasteiger partial charge < -0.3 is 15.0 Å². The number of anilines is 1. The van der Waals surface area contributed by atoms with E-state index >= 15 is 0 Å². The van der Waals surface area contributed by atoms with E-state index in [9.17, 15) is 0 Å². The van der Waals surface area contributed by atoms with E-state index in [4.69, 9.17) is 15.0 Å². The second-order valence-corrected chi connectivity index (χ2v) is 2.27. The minimum absolute atomic E-state index is 0.398. The summed E-state index contributed by atoms with van der Waals surface area (Å²) in [5, 5.41) is 3.78. The van der Waals surface area contributed by atoms with Gasteiger partial charge in [0.05, 0.1) is 24.5 Å². The largest absolute Gasteiger partial charge is 0.376 e. The molecule has 10 heavy (non-hydrogen) atoms. The van der Waals surface area contributed by atoms with E-state index < -0.39 is 0 Å². The van der Waals surface area contributed by atoms with Crippen LogP contribution in [0.15, 0.2) is 4.52 Å². The Morgan fingerprint density at radius 2 is 2.40 bits per heavy atom. The lowest BCUT2D eigenvalue weighted by Crippen LogP contribution is -2.09. The van der Waals surface area contributed by atoms with Gasteiger partial charge in [0, 0.05) is 6.42 Å². The van der Waals surface area contributed by atoms with Crippen LogP contribution in [0.2, 0.25) is 0 Å². The first-order chi connectivity index (χ1) is 4.88. The van der Waals surface area contributed by atoms with E-state index in [2.05, 4.69) is 5.16 Å². The first-order valence-electron chi connectivity index (χ1n) is 3.18. The fraction of sp³-hybridized carbons (Fsp3) is 0.500. The van der Waals surface area contributed by atoms with Crippen LogP contribution in [-0.2, 0) is 17.8 Å². The Bertz CT molecular complexity index is 244. The molecule has 0 bridgehead atoms. The summed E-state index contributed by atoms with van der Waals surface area (Å²) in [6.07, 6.45) is 0.816. The Morgan fingerprint density at radius 3 is 3.20 bits per heavy atom. The van der Waals surface area contributed by atoms with Crippen molar-refractivity contribution in [1.29, 1.82) is 0 Å². The average molecular weight is 140 g/mol. The molecule has 2 heterocycles. The molecule has 4 nitrogen and oxygen atoms in total. The minimum Gasteiger partial charge on any atom is -0.376 e. The molecule has 2 rings (SSSR count). The van der Waals surface area contributed by atoms with Crippen LogP contribution in [0.1, 0.15) is 11.3 Å². The highest BCUT2D eigenvalue weighted by Gasteiger charge is 2.16. The Morgan fingerprint density at radius 1 is 1.50 bits per heavy atom. The summed E-state index contributed by atoms with van der Waals surface area (Å²) in [5.74, 6) is 0.398. The molecule has 4 heteroatoms. The highest BCUT2D eigenvalue weighted by Crippen LogP contribution is 2.21. The van der Waals surface area contributed by atoms with Gasteiger partial charge in [-0.15, -0.1) is 0 Å². The quantitative estimate of drug-likeness (QED) is 0.564. The second kappa shape index (κ2) is 1.98. The molecule has 0 atom stereocenters. The number of nitrogens with two attached hydrogens (primary N) is 1. The SMILES string of the molecule is Nc1onc2c1COCC2. The lowest BCUT2D eigenvalue weighted by atomic mass is 10.2. The number of fused-ring (bicyclic) bond motifs is 1. The van der Waals surface area contributed by atoms with E-state index in [1.165, 1.54) is 0 Å². The number of ether oxygens (including phenoxy) is 1. The molecule has 0 saturated heterocycles. The fourth-order valence-corrected chi connectivity index (χ4v) is 1.05. The number of rotatable bonds is 0. The number of hydrogen-bond acceptors (Lipinski definition) is 4. The van der Waals surface area contributed by atoms with Gasteiger partial charge in [-0.05, 0) is 0 Å². The Labute approximate surface area is 57.9 Å². The molecule has 0 aliphatic carbocycles. The van der Waals surface area contributed by atoms with E-state index in [1.54, 1.807) is 0 Å². The molecule has 0 radical (unpaired) electrons. The minimum atomic E-state index is 0.398. The van der Waals surface area contributed by atoms with Crippen LogP contribution in [0, 0.1) is 0 Å². The van der Waals surface area contributed by atoms with Crippen LogP contribution in [-0.4, -0.2) is 11.8 Å². The fourth-order valence-electron chi connectivity index (χ4n) is 1.05. The van der Waals surface area contributed by atoms with E-state index in [0.29, 0.717) is 12.5 Å². The first kappa shape index (κ1) is 5.73. The number of hydrogen-bond donors (Lipinski definition) is 1. The predicted octanol–water partition coefficient (Wildman–Crippen LogP) is 0.329. The molecule has 0 fully saturated rings. The second-order valence-electron chi connectivity index (χ2n) is 2.27. The monoisotopic (exact) mass is 140 g/mol. The van der Waals surface area contributed by atoms with Crippen molar-refractivity contribution in [2.45, 2.75) is 13.0 Å². The zero-order valence-corrected chi connectivity index (χ0v) is 5.46. The highest BCUT2D eigenvalue weighted by atomic mass is 16.5. The lowest BCUT2D eigenvalue weighted by Gasteiger charge is -2.08. The Balaban J connectivity index is 2.45. The molecule has 2 N–H and O–H groups in total. The van der Waals surface area contributed by atoms with Crippen LogP contribution >= 0.6 is 0 Å². The van der Waals surface area contributed by atoms with Crippen LogP contribution in [0.3, 0.4) is 0 Å². The van der Waals surface area contributed by atoms with Crippen molar-refractivity contribution in [2.75, 3.05) is 12.3 Å². The molecular formula is C6H8N2O2. The van der Waals surface area contributed by atoms with Gasteiger partial charge in [0.2, 0.25) is 5.88 Å². The maximum absolute atomic E-state index is 5.45. The highest BCUT2D eigenvalue weighted by molar-refractivity contribution is 5.39. The molecule has 54 valence electrons. The Hall–Kier alpha value is -1.03. The molecular weight excluding hydrogens is 132 g/mol. The molecule has 0 spiro atoms. The first-order valence-corrected chi connectivity index (χ1v) is 3.18. The molecule has 0 aromatic carbocycles. The van der Waals surface area contributed by atoms with Gasteiger partial charge in [0.25, 0.3) is 0 Å². The molecule has 0 unspecified atom stereocenters. The van der Waals surface area contributed by atoms with E-state index in [1.807, 2.05) is 0 Å². The summed E-state index contributed by atoms with van der Waals surface area (Å²) in [6, 6.07) is 0. The van der Waals surface area contributed by atoms with Gasteiger partial charge in [-0.2, -0.15) is 0 Å². The lowest BCUT2D eigenvalue weighted by molar-refractivity contribution is 0.110. The summed E-state index contributed by atoms with van der Waals surface area (Å²) < 4.78 is 9.92. The maximum atomic E-state index is 5.45. The molecule has 1 aromatic rings.